The van der Waals surface area contributed by atoms with Crippen molar-refractivity contribution in [1.82, 2.24) is 5.32 Å². The highest BCUT2D eigenvalue weighted by molar-refractivity contribution is 6.17. The Morgan fingerprint density at radius 1 is 1.53 bits per heavy atom. The molecule has 1 aliphatic carbocycles. The molecule has 2 amide bonds. The van der Waals surface area contributed by atoms with Gasteiger partial charge in [-0.25, -0.2) is 0 Å². The lowest BCUT2D eigenvalue weighted by molar-refractivity contribution is -0.133. The van der Waals surface area contributed by atoms with Crippen LogP contribution in [-0.2, 0) is 9.59 Å². The van der Waals surface area contributed by atoms with Gasteiger partial charge in [0.05, 0.1) is 6.04 Å². The molecule has 2 unspecified atom stereocenters. The van der Waals surface area contributed by atoms with Crippen molar-refractivity contribution in [2.45, 2.75) is 32.2 Å². The molecular formula is C10H15N3O2. The number of carbonyl (C=O) groups excluding carboxylic acids is 2. The zero-order valence-electron chi connectivity index (χ0n) is 8.69. The fourth-order valence-corrected chi connectivity index (χ4v) is 1.75. The first-order valence-electron chi connectivity index (χ1n) is 5.32. The Kier molecular flexibility index (Phi) is 2.56. The van der Waals surface area contributed by atoms with Crippen LogP contribution >= 0.6 is 0 Å². The molecular weight excluding hydrogens is 194 g/mol. The SMILES string of the molecule is CCC1C(=O)N=C(C(N)C2CC2)NC1=O. The van der Waals surface area contributed by atoms with Gasteiger partial charge < -0.3 is 11.1 Å². The highest BCUT2D eigenvalue weighted by Crippen LogP contribution is 2.32. The van der Waals surface area contributed by atoms with Gasteiger partial charge in [-0.2, -0.15) is 4.99 Å². The summed E-state index contributed by atoms with van der Waals surface area (Å²) in [6.45, 7) is 1.80. The quantitative estimate of drug-likeness (QED) is 0.631. The zero-order valence-corrected chi connectivity index (χ0v) is 8.69. The lowest BCUT2D eigenvalue weighted by Gasteiger charge is -2.22. The van der Waals surface area contributed by atoms with E-state index in [1.807, 2.05) is 0 Å². The molecule has 0 radical (unpaired) electrons. The highest BCUT2D eigenvalue weighted by Gasteiger charge is 2.37. The molecule has 5 heteroatoms. The number of rotatable bonds is 3. The lowest BCUT2D eigenvalue weighted by Crippen LogP contribution is -2.51. The predicted molar refractivity (Wildman–Crippen MR) is 55.1 cm³/mol. The maximum Gasteiger partial charge on any atom is 0.259 e. The first-order chi connectivity index (χ1) is 7.13. The maximum atomic E-state index is 11.5. The van der Waals surface area contributed by atoms with E-state index < -0.39 is 5.92 Å². The van der Waals surface area contributed by atoms with Crippen LogP contribution in [0.15, 0.2) is 4.99 Å². The minimum absolute atomic E-state index is 0.261. The zero-order chi connectivity index (χ0) is 11.0. The summed E-state index contributed by atoms with van der Waals surface area (Å²) in [5.41, 5.74) is 5.87. The number of nitrogens with two attached hydrogens (primary N) is 1. The molecule has 0 aromatic rings. The number of amides is 2. The third-order valence-corrected chi connectivity index (χ3v) is 2.95. The average Bonchev–Trinajstić information content (AvgIpc) is 2.99. The van der Waals surface area contributed by atoms with Gasteiger partial charge in [0.2, 0.25) is 5.91 Å². The van der Waals surface area contributed by atoms with E-state index in [1.165, 1.54) is 0 Å². The summed E-state index contributed by atoms with van der Waals surface area (Å²) in [6.07, 6.45) is 2.60. The van der Waals surface area contributed by atoms with Crippen LogP contribution in [-0.4, -0.2) is 23.7 Å². The molecule has 0 aromatic heterocycles. The topological polar surface area (TPSA) is 84.6 Å². The Morgan fingerprint density at radius 2 is 2.20 bits per heavy atom. The highest BCUT2D eigenvalue weighted by atomic mass is 16.2. The monoisotopic (exact) mass is 209 g/mol. The molecule has 2 rings (SSSR count). The molecule has 1 saturated carbocycles. The van der Waals surface area contributed by atoms with Gasteiger partial charge in [-0.05, 0) is 25.2 Å². The van der Waals surface area contributed by atoms with Crippen LogP contribution < -0.4 is 11.1 Å². The van der Waals surface area contributed by atoms with Crippen LogP contribution in [0.4, 0.5) is 0 Å². The smallest absolute Gasteiger partial charge is 0.259 e. The van der Waals surface area contributed by atoms with Gasteiger partial charge in [0.1, 0.15) is 11.8 Å². The van der Waals surface area contributed by atoms with Gasteiger partial charge >= 0.3 is 0 Å². The number of nitrogens with zero attached hydrogens (tertiary/aromatic N) is 1. The number of aliphatic imine (C=N–C) groups is 1. The summed E-state index contributed by atoms with van der Waals surface area (Å²) in [5.74, 6) is -0.497. The molecule has 0 saturated heterocycles. The summed E-state index contributed by atoms with van der Waals surface area (Å²) >= 11 is 0. The first-order valence-corrected chi connectivity index (χ1v) is 5.32. The third-order valence-electron chi connectivity index (χ3n) is 2.95. The van der Waals surface area contributed by atoms with Gasteiger partial charge in [0, 0.05) is 0 Å². The molecule has 3 N–H and O–H groups in total. The van der Waals surface area contributed by atoms with E-state index in [9.17, 15) is 9.59 Å². The van der Waals surface area contributed by atoms with E-state index >= 15 is 0 Å². The van der Waals surface area contributed by atoms with Crippen molar-refractivity contribution in [3.05, 3.63) is 0 Å². The Balaban J connectivity index is 2.14. The fraction of sp³-hybridized carbons (Fsp3) is 0.700. The van der Waals surface area contributed by atoms with Crippen LogP contribution in [0.5, 0.6) is 0 Å². The molecule has 82 valence electrons. The number of hydrogen-bond acceptors (Lipinski definition) is 3. The van der Waals surface area contributed by atoms with E-state index in [-0.39, 0.29) is 17.9 Å². The van der Waals surface area contributed by atoms with Crippen molar-refractivity contribution in [2.24, 2.45) is 22.6 Å². The Labute approximate surface area is 88.1 Å². The summed E-state index contributed by atoms with van der Waals surface area (Å²) in [6, 6.07) is -0.282. The molecule has 15 heavy (non-hydrogen) atoms. The standard InChI is InChI=1S/C10H15N3O2/c1-2-6-9(14)12-8(13-10(6)15)7(11)5-3-4-5/h5-7H,2-4,11H2,1H3,(H,12,13,14,15). The second-order valence-corrected chi connectivity index (χ2v) is 4.15. The van der Waals surface area contributed by atoms with Crippen LogP contribution in [0.2, 0.25) is 0 Å². The summed E-state index contributed by atoms with van der Waals surface area (Å²) in [5, 5.41) is 2.63. The number of amidine groups is 1. The number of carbonyl (C=O) groups is 2. The van der Waals surface area contributed by atoms with Gasteiger partial charge in [-0.15, -0.1) is 0 Å². The van der Waals surface area contributed by atoms with Crippen molar-refractivity contribution >= 4 is 17.6 Å². The van der Waals surface area contributed by atoms with Crippen molar-refractivity contribution in [1.29, 1.82) is 0 Å². The Hall–Kier alpha value is -1.23. The molecule has 0 aromatic carbocycles. The second-order valence-electron chi connectivity index (χ2n) is 4.15. The Morgan fingerprint density at radius 3 is 2.67 bits per heavy atom. The molecule has 1 fully saturated rings. The maximum absolute atomic E-state index is 11.5. The van der Waals surface area contributed by atoms with Crippen LogP contribution in [0.1, 0.15) is 26.2 Å². The second kappa shape index (κ2) is 3.73. The van der Waals surface area contributed by atoms with E-state index in [2.05, 4.69) is 10.3 Å². The number of hydrogen-bond donors (Lipinski definition) is 2. The van der Waals surface area contributed by atoms with Crippen molar-refractivity contribution in [2.75, 3.05) is 0 Å². The largest absolute Gasteiger partial charge is 0.321 e. The van der Waals surface area contributed by atoms with Gasteiger partial charge in [0.15, 0.2) is 0 Å². The molecule has 1 aliphatic heterocycles. The minimum atomic E-state index is -0.625. The molecule has 2 atom stereocenters. The third kappa shape index (κ3) is 1.92. The molecule has 1 heterocycles. The number of nitrogens with one attached hydrogen (secondary N) is 1. The van der Waals surface area contributed by atoms with Crippen LogP contribution in [0.25, 0.3) is 0 Å². The molecule has 0 bridgehead atoms. The summed E-state index contributed by atoms with van der Waals surface area (Å²) in [4.78, 5) is 26.9. The normalized spacial score (nSPS) is 28.4. The Bertz CT molecular complexity index is 334. The molecule has 2 aliphatic rings. The summed E-state index contributed by atoms with van der Waals surface area (Å²) < 4.78 is 0. The van der Waals surface area contributed by atoms with Crippen molar-refractivity contribution in [3.63, 3.8) is 0 Å². The van der Waals surface area contributed by atoms with Gasteiger partial charge in [-0.3, -0.25) is 9.59 Å². The minimum Gasteiger partial charge on any atom is -0.321 e. The first kappa shape index (κ1) is 10.3. The molecule has 0 spiro atoms. The molecule has 5 nitrogen and oxygen atoms in total. The van der Waals surface area contributed by atoms with Crippen molar-refractivity contribution in [3.8, 4) is 0 Å². The lowest BCUT2D eigenvalue weighted by atomic mass is 10.0. The predicted octanol–water partition coefficient (Wildman–Crippen LogP) is -0.195. The fourth-order valence-electron chi connectivity index (χ4n) is 1.75. The average molecular weight is 209 g/mol. The van der Waals surface area contributed by atoms with Crippen molar-refractivity contribution < 1.29 is 9.59 Å². The van der Waals surface area contributed by atoms with E-state index in [4.69, 9.17) is 5.73 Å². The van der Waals surface area contributed by atoms with E-state index in [1.54, 1.807) is 6.92 Å². The summed E-state index contributed by atoms with van der Waals surface area (Å²) in [7, 11) is 0. The van der Waals surface area contributed by atoms with Gasteiger partial charge in [0.25, 0.3) is 5.91 Å². The van der Waals surface area contributed by atoms with Gasteiger partial charge in [-0.1, -0.05) is 6.92 Å². The van der Waals surface area contributed by atoms with E-state index in [0.29, 0.717) is 18.2 Å². The van der Waals surface area contributed by atoms with E-state index in [0.717, 1.165) is 12.8 Å². The van der Waals surface area contributed by atoms with Crippen LogP contribution in [0.3, 0.4) is 0 Å². The van der Waals surface area contributed by atoms with Crippen LogP contribution in [0, 0.1) is 11.8 Å².